The normalized spacial score (nSPS) is 13.7. The van der Waals surface area contributed by atoms with Gasteiger partial charge in [0.2, 0.25) is 0 Å². The van der Waals surface area contributed by atoms with E-state index in [1.165, 1.54) is 83.5 Å². The predicted molar refractivity (Wildman–Crippen MR) is 229 cm³/mol. The highest BCUT2D eigenvalue weighted by Crippen LogP contribution is 2.43. The summed E-state index contributed by atoms with van der Waals surface area (Å²) in [4.78, 5) is 34.9. The number of hydrogen-bond donors (Lipinski definition) is 2. The maximum atomic E-state index is 12.6. The van der Waals surface area contributed by atoms with E-state index in [-0.39, 0.29) is 32.6 Å². The van der Waals surface area contributed by atoms with Crippen LogP contribution in [0.15, 0.2) is 61.3 Å². The Kier molecular flexibility index (Phi) is 39.6. The summed E-state index contributed by atoms with van der Waals surface area (Å²) in [7, 11) is -4.39. The standard InChI is InChI=1S/C45H80NO8P/c1-3-5-7-9-11-13-15-17-19-20-21-22-24-25-27-29-31-33-35-37-44(47)51-41-43(42-53-55(49,50)52-40-39-46)54-45(48)38-36-34-32-30-28-26-23-18-16-14-12-10-8-6-4-2/h4,11,13,17,19,21-22,25,27,43H,2-3,5-10,12,14-16,18,20,23-24,26,28-42,46H2,1H3,(H,49,50)/b13-11+,19-17+,22-21+,27-25+/t43-/m1/s1. The summed E-state index contributed by atoms with van der Waals surface area (Å²) < 4.78 is 32.7. The highest BCUT2D eigenvalue weighted by molar-refractivity contribution is 7.47. The Balaban J connectivity index is 4.20. The summed E-state index contributed by atoms with van der Waals surface area (Å²) in [6, 6.07) is 0. The van der Waals surface area contributed by atoms with E-state index in [4.69, 9.17) is 24.3 Å². The first kappa shape index (κ1) is 52.7. The zero-order valence-electron chi connectivity index (χ0n) is 34.7. The third-order valence-corrected chi connectivity index (χ3v) is 10.0. The lowest BCUT2D eigenvalue weighted by atomic mass is 10.0. The van der Waals surface area contributed by atoms with Crippen LogP contribution in [0.4, 0.5) is 0 Å². The number of esters is 2. The maximum absolute atomic E-state index is 12.6. The van der Waals surface area contributed by atoms with Crippen molar-refractivity contribution < 1.29 is 37.6 Å². The molecule has 0 aromatic heterocycles. The van der Waals surface area contributed by atoms with Gasteiger partial charge in [-0.05, 0) is 70.6 Å². The Morgan fingerprint density at radius 2 is 1.04 bits per heavy atom. The summed E-state index contributed by atoms with van der Waals surface area (Å²) >= 11 is 0. The summed E-state index contributed by atoms with van der Waals surface area (Å²) in [5.74, 6) is -0.869. The highest BCUT2D eigenvalue weighted by atomic mass is 31.2. The molecule has 0 aromatic carbocycles. The second-order valence-electron chi connectivity index (χ2n) is 14.3. The van der Waals surface area contributed by atoms with Gasteiger partial charge in [-0.25, -0.2) is 4.57 Å². The van der Waals surface area contributed by atoms with E-state index in [2.05, 4.69) is 62.1 Å². The molecule has 0 aromatic rings. The molecule has 0 aliphatic rings. The van der Waals surface area contributed by atoms with Gasteiger partial charge < -0.3 is 20.1 Å². The highest BCUT2D eigenvalue weighted by Gasteiger charge is 2.26. The van der Waals surface area contributed by atoms with Crippen LogP contribution in [0, 0.1) is 0 Å². The smallest absolute Gasteiger partial charge is 0.462 e. The van der Waals surface area contributed by atoms with Crippen molar-refractivity contribution in [2.75, 3.05) is 26.4 Å². The van der Waals surface area contributed by atoms with Crippen LogP contribution in [0.2, 0.25) is 0 Å². The number of carbonyl (C=O) groups is 2. The number of phosphoric ester groups is 1. The maximum Gasteiger partial charge on any atom is 0.472 e. The first-order valence-electron chi connectivity index (χ1n) is 21.7. The molecule has 0 fully saturated rings. The molecular formula is C45H80NO8P. The number of rotatable bonds is 41. The van der Waals surface area contributed by atoms with Crippen LogP contribution < -0.4 is 5.73 Å². The van der Waals surface area contributed by atoms with E-state index in [9.17, 15) is 19.0 Å². The number of allylic oxidation sites excluding steroid dienone is 9. The van der Waals surface area contributed by atoms with Crippen LogP contribution >= 0.6 is 7.82 Å². The van der Waals surface area contributed by atoms with Gasteiger partial charge in [-0.1, -0.05) is 151 Å². The molecule has 10 heteroatoms. The monoisotopic (exact) mass is 794 g/mol. The third kappa shape index (κ3) is 41.2. The lowest BCUT2D eigenvalue weighted by molar-refractivity contribution is -0.161. The van der Waals surface area contributed by atoms with E-state index in [0.29, 0.717) is 12.8 Å². The number of carbonyl (C=O) groups excluding carboxylic acids is 2. The van der Waals surface area contributed by atoms with Gasteiger partial charge in [0.1, 0.15) is 6.61 Å². The Labute approximate surface area is 336 Å². The fourth-order valence-corrected chi connectivity index (χ4v) is 6.54. The molecule has 318 valence electrons. The van der Waals surface area contributed by atoms with Crippen LogP contribution in [0.3, 0.4) is 0 Å². The number of hydrogen-bond acceptors (Lipinski definition) is 8. The van der Waals surface area contributed by atoms with Crippen molar-refractivity contribution in [2.45, 2.75) is 186 Å². The van der Waals surface area contributed by atoms with E-state index < -0.39 is 32.5 Å². The van der Waals surface area contributed by atoms with Crippen LogP contribution in [0.1, 0.15) is 180 Å². The van der Waals surface area contributed by atoms with Crippen LogP contribution in [-0.2, 0) is 32.7 Å². The fourth-order valence-electron chi connectivity index (χ4n) is 5.77. The van der Waals surface area contributed by atoms with Gasteiger partial charge in [0.05, 0.1) is 13.2 Å². The largest absolute Gasteiger partial charge is 0.472 e. The quantitative estimate of drug-likeness (QED) is 0.0268. The minimum Gasteiger partial charge on any atom is -0.462 e. The van der Waals surface area contributed by atoms with Crippen molar-refractivity contribution in [3.63, 3.8) is 0 Å². The minimum absolute atomic E-state index is 0.0461. The zero-order valence-corrected chi connectivity index (χ0v) is 35.6. The lowest BCUT2D eigenvalue weighted by Crippen LogP contribution is -2.29. The lowest BCUT2D eigenvalue weighted by Gasteiger charge is -2.19. The molecule has 55 heavy (non-hydrogen) atoms. The number of nitrogens with two attached hydrogens (primary N) is 1. The fraction of sp³-hybridized carbons (Fsp3) is 0.733. The Bertz CT molecular complexity index is 1070. The van der Waals surface area contributed by atoms with Crippen molar-refractivity contribution >= 4 is 19.8 Å². The van der Waals surface area contributed by atoms with Crippen LogP contribution in [-0.4, -0.2) is 49.3 Å². The van der Waals surface area contributed by atoms with Crippen LogP contribution in [0.5, 0.6) is 0 Å². The van der Waals surface area contributed by atoms with Gasteiger partial charge in [-0.3, -0.25) is 18.6 Å². The molecular weight excluding hydrogens is 713 g/mol. The predicted octanol–water partition coefficient (Wildman–Crippen LogP) is 12.5. The molecule has 0 rings (SSSR count). The zero-order chi connectivity index (χ0) is 40.3. The molecule has 3 N–H and O–H groups in total. The van der Waals surface area contributed by atoms with E-state index in [0.717, 1.165) is 64.2 Å². The van der Waals surface area contributed by atoms with Gasteiger partial charge in [0, 0.05) is 19.4 Å². The molecule has 1 unspecified atom stereocenters. The average molecular weight is 794 g/mol. The Morgan fingerprint density at radius 1 is 0.600 bits per heavy atom. The van der Waals surface area contributed by atoms with E-state index in [1.54, 1.807) is 0 Å². The molecule has 0 amide bonds. The summed E-state index contributed by atoms with van der Waals surface area (Å²) in [5.41, 5.74) is 5.34. The van der Waals surface area contributed by atoms with Crippen molar-refractivity contribution in [2.24, 2.45) is 5.73 Å². The van der Waals surface area contributed by atoms with Crippen molar-refractivity contribution in [1.82, 2.24) is 0 Å². The Morgan fingerprint density at radius 3 is 1.55 bits per heavy atom. The molecule has 0 saturated carbocycles. The molecule has 0 saturated heterocycles. The van der Waals surface area contributed by atoms with Gasteiger partial charge in [0.25, 0.3) is 0 Å². The SMILES string of the molecule is C=CCCCCCCCCCCCCCCCC(=O)O[C@H](COC(=O)CCCCC/C=C/C/C=C/C/C=C/C/C=C/CCCCC)COP(=O)(O)OCCN. The third-order valence-electron chi connectivity index (χ3n) is 9.02. The van der Waals surface area contributed by atoms with Gasteiger partial charge in [-0.2, -0.15) is 0 Å². The summed E-state index contributed by atoms with van der Waals surface area (Å²) in [6.45, 7) is 5.18. The molecule has 0 spiro atoms. The number of ether oxygens (including phenoxy) is 2. The van der Waals surface area contributed by atoms with Crippen molar-refractivity contribution in [3.8, 4) is 0 Å². The first-order chi connectivity index (χ1) is 26.8. The molecule has 0 radical (unpaired) electrons. The van der Waals surface area contributed by atoms with Gasteiger partial charge >= 0.3 is 19.8 Å². The van der Waals surface area contributed by atoms with Gasteiger partial charge in [-0.15, -0.1) is 6.58 Å². The minimum atomic E-state index is -4.39. The molecule has 0 bridgehead atoms. The summed E-state index contributed by atoms with van der Waals surface area (Å²) in [5, 5.41) is 0. The first-order valence-corrected chi connectivity index (χ1v) is 23.2. The molecule has 2 atom stereocenters. The molecule has 9 nitrogen and oxygen atoms in total. The number of unbranched alkanes of at least 4 members (excludes halogenated alkanes) is 19. The van der Waals surface area contributed by atoms with E-state index in [1.807, 2.05) is 6.08 Å². The topological polar surface area (TPSA) is 134 Å². The van der Waals surface area contributed by atoms with Crippen molar-refractivity contribution in [3.05, 3.63) is 61.3 Å². The average Bonchev–Trinajstić information content (AvgIpc) is 3.17. The number of phosphoric acid groups is 1. The second kappa shape index (κ2) is 41.3. The van der Waals surface area contributed by atoms with Gasteiger partial charge in [0.15, 0.2) is 6.10 Å². The molecule has 0 aliphatic carbocycles. The van der Waals surface area contributed by atoms with E-state index >= 15 is 0 Å². The molecule has 0 aliphatic heterocycles. The molecule has 0 heterocycles. The van der Waals surface area contributed by atoms with Crippen molar-refractivity contribution in [1.29, 1.82) is 0 Å². The Hall–Kier alpha value is -2.29. The second-order valence-corrected chi connectivity index (χ2v) is 15.7. The summed E-state index contributed by atoms with van der Waals surface area (Å²) in [6.07, 6.45) is 47.1. The van der Waals surface area contributed by atoms with Crippen LogP contribution in [0.25, 0.3) is 0 Å².